The van der Waals surface area contributed by atoms with Gasteiger partial charge >= 0.3 is 0 Å². The molecule has 1 aromatic heterocycles. The number of piperidine rings is 1. The first-order chi connectivity index (χ1) is 11.1. The van der Waals surface area contributed by atoms with Gasteiger partial charge in [0.1, 0.15) is 5.76 Å². The van der Waals surface area contributed by atoms with Crippen molar-refractivity contribution >= 4 is 11.7 Å². The molecule has 0 saturated carbocycles. The van der Waals surface area contributed by atoms with Crippen molar-refractivity contribution in [2.24, 2.45) is 0 Å². The maximum Gasteiger partial charge on any atom is 0.242 e. The molecule has 1 atom stereocenters. The number of anilines is 1. The number of nitrogens with zero attached hydrogens (tertiary/aromatic N) is 2. The van der Waals surface area contributed by atoms with Crippen LogP contribution in [0.4, 0.5) is 5.82 Å². The van der Waals surface area contributed by atoms with Crippen LogP contribution in [0.1, 0.15) is 37.0 Å². The fourth-order valence-electron chi connectivity index (χ4n) is 3.17. The third-order valence-electron chi connectivity index (χ3n) is 4.61. The van der Waals surface area contributed by atoms with Crippen LogP contribution in [0.25, 0.3) is 0 Å². The molecule has 2 heterocycles. The van der Waals surface area contributed by atoms with Crippen LogP contribution in [0, 0.1) is 6.92 Å². The Hall–Kier alpha value is -2.14. The molecule has 1 saturated heterocycles. The quantitative estimate of drug-likeness (QED) is 0.942. The second kappa shape index (κ2) is 6.96. The van der Waals surface area contributed by atoms with Gasteiger partial charge in [-0.25, -0.2) is 0 Å². The summed E-state index contributed by atoms with van der Waals surface area (Å²) < 4.78 is 4.98. The molecular formula is C18H23N3O2. The van der Waals surface area contributed by atoms with E-state index in [0.717, 1.165) is 25.9 Å². The summed E-state index contributed by atoms with van der Waals surface area (Å²) in [5.41, 5.74) is 1.40. The lowest BCUT2D eigenvalue weighted by Crippen LogP contribution is -2.45. The van der Waals surface area contributed by atoms with Crippen LogP contribution in [0.5, 0.6) is 0 Å². The Kier molecular flexibility index (Phi) is 4.76. The summed E-state index contributed by atoms with van der Waals surface area (Å²) in [6, 6.07) is 12.2. The normalized spacial score (nSPS) is 17.8. The summed E-state index contributed by atoms with van der Waals surface area (Å²) in [5, 5.41) is 6.63. The summed E-state index contributed by atoms with van der Waals surface area (Å²) in [6.07, 6.45) is 2.18. The molecule has 1 fully saturated rings. The van der Waals surface area contributed by atoms with Gasteiger partial charge < -0.3 is 9.84 Å². The van der Waals surface area contributed by atoms with Gasteiger partial charge in [0.05, 0.1) is 6.04 Å². The molecule has 0 bridgehead atoms. The van der Waals surface area contributed by atoms with E-state index < -0.39 is 0 Å². The lowest BCUT2D eigenvalue weighted by Gasteiger charge is -2.35. The Morgan fingerprint density at radius 1 is 1.30 bits per heavy atom. The molecule has 1 aromatic carbocycles. The minimum absolute atomic E-state index is 0.0311. The van der Waals surface area contributed by atoms with E-state index in [4.69, 9.17) is 4.52 Å². The van der Waals surface area contributed by atoms with E-state index in [1.807, 2.05) is 6.92 Å². The predicted octanol–water partition coefficient (Wildman–Crippen LogP) is 3.19. The topological polar surface area (TPSA) is 58.4 Å². The molecule has 1 amide bonds. The molecule has 1 N–H and O–H groups in total. The number of aromatic nitrogens is 1. The summed E-state index contributed by atoms with van der Waals surface area (Å²) in [4.78, 5) is 14.6. The van der Waals surface area contributed by atoms with Gasteiger partial charge in [-0.3, -0.25) is 9.69 Å². The summed E-state index contributed by atoms with van der Waals surface area (Å²) in [7, 11) is 0. The average molecular weight is 313 g/mol. The molecule has 0 spiro atoms. The lowest BCUT2D eigenvalue weighted by atomic mass is 9.89. The van der Waals surface area contributed by atoms with Crippen LogP contribution in [-0.4, -0.2) is 35.1 Å². The van der Waals surface area contributed by atoms with Gasteiger partial charge in [0, 0.05) is 6.07 Å². The zero-order chi connectivity index (χ0) is 16.2. The third kappa shape index (κ3) is 3.79. The van der Waals surface area contributed by atoms with Crippen LogP contribution >= 0.6 is 0 Å². The molecule has 122 valence electrons. The number of hydrogen-bond donors (Lipinski definition) is 1. The Morgan fingerprint density at radius 3 is 2.61 bits per heavy atom. The van der Waals surface area contributed by atoms with Crippen LogP contribution in [0.3, 0.4) is 0 Å². The SMILES string of the molecule is Cc1cc(NC(=O)C(C)N2CCC(c3ccccc3)CC2)no1. The molecule has 3 rings (SSSR count). The van der Waals surface area contributed by atoms with Crippen molar-refractivity contribution < 1.29 is 9.32 Å². The fraction of sp³-hybridized carbons (Fsp3) is 0.444. The highest BCUT2D eigenvalue weighted by Crippen LogP contribution is 2.28. The third-order valence-corrected chi connectivity index (χ3v) is 4.61. The maximum atomic E-state index is 12.3. The standard InChI is InChI=1S/C18H23N3O2/c1-13-12-17(20-23-13)19-18(22)14(2)21-10-8-16(9-11-21)15-6-4-3-5-7-15/h3-7,12,14,16H,8-11H2,1-2H3,(H,19,20,22). The first-order valence-corrected chi connectivity index (χ1v) is 8.16. The molecule has 23 heavy (non-hydrogen) atoms. The zero-order valence-corrected chi connectivity index (χ0v) is 13.7. The van der Waals surface area contributed by atoms with Crippen LogP contribution in [0.15, 0.2) is 40.9 Å². The van der Waals surface area contributed by atoms with Gasteiger partial charge in [0.15, 0.2) is 5.82 Å². The molecule has 2 aromatic rings. The van der Waals surface area contributed by atoms with Crippen molar-refractivity contribution in [3.8, 4) is 0 Å². The van der Waals surface area contributed by atoms with Crippen molar-refractivity contribution in [1.29, 1.82) is 0 Å². The fourth-order valence-corrected chi connectivity index (χ4v) is 3.17. The number of nitrogens with one attached hydrogen (secondary N) is 1. The Balaban J connectivity index is 1.53. The van der Waals surface area contributed by atoms with Crippen molar-refractivity contribution in [1.82, 2.24) is 10.1 Å². The Labute approximate surface area is 136 Å². The maximum absolute atomic E-state index is 12.3. The van der Waals surface area contributed by atoms with Gasteiger partial charge in [-0.1, -0.05) is 35.5 Å². The predicted molar refractivity (Wildman–Crippen MR) is 89.3 cm³/mol. The van der Waals surface area contributed by atoms with Gasteiger partial charge in [0.25, 0.3) is 0 Å². The highest BCUT2D eigenvalue weighted by Gasteiger charge is 2.27. The van der Waals surface area contributed by atoms with Crippen LogP contribution in [0.2, 0.25) is 0 Å². The molecule has 0 radical (unpaired) electrons. The molecule has 1 aliphatic rings. The lowest BCUT2D eigenvalue weighted by molar-refractivity contribution is -0.121. The summed E-state index contributed by atoms with van der Waals surface area (Å²) in [5.74, 6) is 1.74. The average Bonchev–Trinajstić information content (AvgIpc) is 3.00. The second-order valence-electron chi connectivity index (χ2n) is 6.21. The van der Waals surface area contributed by atoms with Crippen LogP contribution in [-0.2, 0) is 4.79 Å². The number of carbonyl (C=O) groups excluding carboxylic acids is 1. The van der Waals surface area contributed by atoms with Gasteiger partial charge in [0.2, 0.25) is 5.91 Å². The van der Waals surface area contributed by atoms with Crippen molar-refractivity contribution in [3.63, 3.8) is 0 Å². The first-order valence-electron chi connectivity index (χ1n) is 8.16. The number of amides is 1. The highest BCUT2D eigenvalue weighted by atomic mass is 16.5. The molecule has 0 aliphatic carbocycles. The number of benzene rings is 1. The summed E-state index contributed by atoms with van der Waals surface area (Å²) in [6.45, 7) is 5.63. The number of hydrogen-bond acceptors (Lipinski definition) is 4. The largest absolute Gasteiger partial charge is 0.360 e. The minimum atomic E-state index is -0.163. The van der Waals surface area contributed by atoms with Gasteiger partial charge in [-0.2, -0.15) is 0 Å². The van der Waals surface area contributed by atoms with E-state index in [9.17, 15) is 4.79 Å². The highest BCUT2D eigenvalue weighted by molar-refractivity contribution is 5.93. The van der Waals surface area contributed by atoms with E-state index in [1.54, 1.807) is 13.0 Å². The molecule has 1 aliphatic heterocycles. The van der Waals surface area contributed by atoms with E-state index in [1.165, 1.54) is 5.56 Å². The van der Waals surface area contributed by atoms with E-state index >= 15 is 0 Å². The Bertz CT molecular complexity index is 645. The minimum Gasteiger partial charge on any atom is -0.360 e. The van der Waals surface area contributed by atoms with E-state index in [0.29, 0.717) is 17.5 Å². The van der Waals surface area contributed by atoms with Crippen molar-refractivity contribution in [2.75, 3.05) is 18.4 Å². The number of carbonyl (C=O) groups is 1. The summed E-state index contributed by atoms with van der Waals surface area (Å²) >= 11 is 0. The zero-order valence-electron chi connectivity index (χ0n) is 13.7. The monoisotopic (exact) mass is 313 g/mol. The Morgan fingerprint density at radius 2 is 2.00 bits per heavy atom. The number of rotatable bonds is 4. The van der Waals surface area contributed by atoms with E-state index in [-0.39, 0.29) is 11.9 Å². The second-order valence-corrected chi connectivity index (χ2v) is 6.21. The van der Waals surface area contributed by atoms with Crippen molar-refractivity contribution in [3.05, 3.63) is 47.7 Å². The number of likely N-dealkylation sites (tertiary alicyclic amines) is 1. The van der Waals surface area contributed by atoms with E-state index in [2.05, 4.69) is 45.7 Å². The molecule has 5 nitrogen and oxygen atoms in total. The smallest absolute Gasteiger partial charge is 0.242 e. The van der Waals surface area contributed by atoms with Gasteiger partial charge in [-0.15, -0.1) is 0 Å². The van der Waals surface area contributed by atoms with Crippen molar-refractivity contribution in [2.45, 2.75) is 38.6 Å². The molecule has 5 heteroatoms. The molecular weight excluding hydrogens is 290 g/mol. The molecule has 1 unspecified atom stereocenters. The van der Waals surface area contributed by atoms with Gasteiger partial charge in [-0.05, 0) is 51.3 Å². The van der Waals surface area contributed by atoms with Crippen LogP contribution < -0.4 is 5.32 Å². The number of aryl methyl sites for hydroxylation is 1. The first kappa shape index (κ1) is 15.7.